The lowest BCUT2D eigenvalue weighted by Crippen LogP contribution is -2.29. The number of amides is 1. The maximum atomic E-state index is 12.0. The highest BCUT2D eigenvalue weighted by molar-refractivity contribution is 6.43. The lowest BCUT2D eigenvalue weighted by atomic mass is 10.1. The summed E-state index contributed by atoms with van der Waals surface area (Å²) in [6, 6.07) is 11.0. The van der Waals surface area contributed by atoms with Crippen LogP contribution < -0.4 is 10.1 Å². The third-order valence-electron chi connectivity index (χ3n) is 3.41. The molecule has 2 aromatic rings. The minimum atomic E-state index is -0.248. The molecule has 0 saturated carbocycles. The molecule has 0 radical (unpaired) electrons. The summed E-state index contributed by atoms with van der Waals surface area (Å²) in [5.74, 6) is 0.0704. The molecule has 2 rings (SSSR count). The second-order valence-electron chi connectivity index (χ2n) is 5.77. The molecule has 0 aliphatic rings. The molecule has 4 nitrogen and oxygen atoms in total. The fourth-order valence-corrected chi connectivity index (χ4v) is 2.82. The number of carbonyl (C=O) groups excluding carboxylic acids is 1. The molecule has 1 amide bonds. The van der Waals surface area contributed by atoms with Gasteiger partial charge >= 0.3 is 0 Å². The van der Waals surface area contributed by atoms with Crippen molar-refractivity contribution in [2.75, 3.05) is 20.7 Å². The Bertz CT molecular complexity index is 751. The number of nitrogens with zero attached hydrogens (tertiary/aromatic N) is 1. The largest absolute Gasteiger partial charge is 0.482 e. The second-order valence-corrected chi connectivity index (χ2v) is 6.99. The Morgan fingerprint density at radius 2 is 1.68 bits per heavy atom. The van der Waals surface area contributed by atoms with Crippen LogP contribution in [-0.4, -0.2) is 31.5 Å². The SMILES string of the molecule is CN(C)Cc1ccccc1CNC(=O)COc1cc(Cl)c(Cl)cc1Cl. The molecule has 0 aliphatic heterocycles. The van der Waals surface area contributed by atoms with E-state index in [4.69, 9.17) is 39.5 Å². The first-order valence-corrected chi connectivity index (χ1v) is 8.75. The molecule has 0 heterocycles. The van der Waals surface area contributed by atoms with E-state index in [0.717, 1.165) is 12.1 Å². The smallest absolute Gasteiger partial charge is 0.258 e. The summed E-state index contributed by atoms with van der Waals surface area (Å²) in [6.45, 7) is 1.08. The van der Waals surface area contributed by atoms with E-state index in [9.17, 15) is 4.79 Å². The van der Waals surface area contributed by atoms with E-state index < -0.39 is 0 Å². The maximum Gasteiger partial charge on any atom is 0.258 e. The van der Waals surface area contributed by atoms with Crippen molar-refractivity contribution in [3.63, 3.8) is 0 Å². The third-order valence-corrected chi connectivity index (χ3v) is 4.43. The molecule has 1 N–H and O–H groups in total. The van der Waals surface area contributed by atoms with E-state index in [-0.39, 0.29) is 12.5 Å². The summed E-state index contributed by atoms with van der Waals surface area (Å²) in [7, 11) is 4.01. The Morgan fingerprint density at radius 1 is 1.04 bits per heavy atom. The number of benzene rings is 2. The summed E-state index contributed by atoms with van der Waals surface area (Å²) < 4.78 is 5.42. The van der Waals surface area contributed by atoms with Crippen molar-refractivity contribution in [1.82, 2.24) is 10.2 Å². The lowest BCUT2D eigenvalue weighted by molar-refractivity contribution is -0.123. The molecule has 0 unspecified atom stereocenters. The summed E-state index contributed by atoms with van der Waals surface area (Å²) in [5.41, 5.74) is 2.23. The van der Waals surface area contributed by atoms with Crippen LogP contribution in [0.2, 0.25) is 15.1 Å². The average Bonchev–Trinajstić information content (AvgIpc) is 2.55. The number of nitrogens with one attached hydrogen (secondary N) is 1. The quantitative estimate of drug-likeness (QED) is 0.699. The zero-order valence-corrected chi connectivity index (χ0v) is 16.3. The van der Waals surface area contributed by atoms with E-state index in [2.05, 4.69) is 10.2 Å². The van der Waals surface area contributed by atoms with Gasteiger partial charge in [0.25, 0.3) is 5.91 Å². The van der Waals surface area contributed by atoms with Gasteiger partial charge in [0.2, 0.25) is 0 Å². The van der Waals surface area contributed by atoms with Crippen LogP contribution in [0.5, 0.6) is 5.75 Å². The number of halogens is 3. The van der Waals surface area contributed by atoms with Crippen LogP contribution in [0.4, 0.5) is 0 Å². The molecule has 2 aromatic carbocycles. The molecular formula is C18H19Cl3N2O2. The van der Waals surface area contributed by atoms with Crippen molar-refractivity contribution < 1.29 is 9.53 Å². The van der Waals surface area contributed by atoms with Gasteiger partial charge < -0.3 is 15.0 Å². The topological polar surface area (TPSA) is 41.6 Å². The van der Waals surface area contributed by atoms with Gasteiger partial charge in [0.1, 0.15) is 5.75 Å². The minimum absolute atomic E-state index is 0.159. The fourth-order valence-electron chi connectivity index (χ4n) is 2.23. The van der Waals surface area contributed by atoms with E-state index in [1.165, 1.54) is 17.7 Å². The van der Waals surface area contributed by atoms with Gasteiger partial charge in [-0.2, -0.15) is 0 Å². The van der Waals surface area contributed by atoms with Gasteiger partial charge in [-0.25, -0.2) is 0 Å². The number of hydrogen-bond acceptors (Lipinski definition) is 3. The van der Waals surface area contributed by atoms with E-state index >= 15 is 0 Å². The van der Waals surface area contributed by atoms with Crippen LogP contribution >= 0.6 is 34.8 Å². The highest BCUT2D eigenvalue weighted by Crippen LogP contribution is 2.33. The highest BCUT2D eigenvalue weighted by Gasteiger charge is 2.10. The highest BCUT2D eigenvalue weighted by atomic mass is 35.5. The van der Waals surface area contributed by atoms with Gasteiger partial charge in [-0.15, -0.1) is 0 Å². The first-order valence-electron chi connectivity index (χ1n) is 7.62. The molecule has 7 heteroatoms. The molecule has 0 spiro atoms. The zero-order valence-electron chi connectivity index (χ0n) is 14.0. The number of carbonyl (C=O) groups is 1. The lowest BCUT2D eigenvalue weighted by Gasteiger charge is -2.15. The number of hydrogen-bond donors (Lipinski definition) is 1. The Balaban J connectivity index is 1.91. The van der Waals surface area contributed by atoms with Gasteiger partial charge in [-0.05, 0) is 31.3 Å². The minimum Gasteiger partial charge on any atom is -0.482 e. The number of rotatable bonds is 7. The molecule has 0 saturated heterocycles. The summed E-state index contributed by atoms with van der Waals surface area (Å²) in [6.07, 6.45) is 0. The second kappa shape index (κ2) is 9.30. The number of ether oxygens (including phenoxy) is 1. The van der Waals surface area contributed by atoms with Crippen LogP contribution in [-0.2, 0) is 17.9 Å². The summed E-state index contributed by atoms with van der Waals surface area (Å²) >= 11 is 17.8. The van der Waals surface area contributed by atoms with Crippen molar-refractivity contribution in [3.05, 3.63) is 62.6 Å². The maximum absolute atomic E-state index is 12.0. The average molecular weight is 402 g/mol. The van der Waals surface area contributed by atoms with Gasteiger partial charge in [0.05, 0.1) is 15.1 Å². The van der Waals surface area contributed by atoms with Crippen molar-refractivity contribution in [2.45, 2.75) is 13.1 Å². The predicted molar refractivity (Wildman–Crippen MR) is 103 cm³/mol. The van der Waals surface area contributed by atoms with E-state index in [1.54, 1.807) is 0 Å². The van der Waals surface area contributed by atoms with Gasteiger partial charge in [-0.1, -0.05) is 59.1 Å². The summed E-state index contributed by atoms with van der Waals surface area (Å²) in [5, 5.41) is 3.80. The van der Waals surface area contributed by atoms with E-state index in [1.807, 2.05) is 38.4 Å². The standard InChI is InChI=1S/C18H19Cl3N2O2/c1-23(2)10-13-6-4-3-5-12(13)9-22-18(24)11-25-17-8-15(20)14(19)7-16(17)21/h3-8H,9-11H2,1-2H3,(H,22,24). The van der Waals surface area contributed by atoms with Crippen LogP contribution in [0.1, 0.15) is 11.1 Å². The molecule has 25 heavy (non-hydrogen) atoms. The van der Waals surface area contributed by atoms with Crippen LogP contribution in [0.3, 0.4) is 0 Å². The molecule has 0 fully saturated rings. The molecule has 134 valence electrons. The molecule has 0 atom stereocenters. The molecule has 0 aromatic heterocycles. The van der Waals surface area contributed by atoms with E-state index in [0.29, 0.717) is 27.4 Å². The van der Waals surface area contributed by atoms with Crippen molar-refractivity contribution >= 4 is 40.7 Å². The first-order chi connectivity index (χ1) is 11.9. The van der Waals surface area contributed by atoms with Gasteiger partial charge in [-0.3, -0.25) is 4.79 Å². The normalized spacial score (nSPS) is 10.8. The first kappa shape index (κ1) is 19.9. The van der Waals surface area contributed by atoms with Crippen LogP contribution in [0.25, 0.3) is 0 Å². The Hall–Kier alpha value is -1.46. The van der Waals surface area contributed by atoms with Crippen molar-refractivity contribution in [3.8, 4) is 5.75 Å². The third kappa shape index (κ3) is 6.08. The Morgan fingerprint density at radius 3 is 2.36 bits per heavy atom. The van der Waals surface area contributed by atoms with Crippen molar-refractivity contribution in [2.24, 2.45) is 0 Å². The monoisotopic (exact) mass is 400 g/mol. The van der Waals surface area contributed by atoms with Crippen LogP contribution in [0.15, 0.2) is 36.4 Å². The van der Waals surface area contributed by atoms with Gasteiger partial charge in [0.15, 0.2) is 6.61 Å². The van der Waals surface area contributed by atoms with Gasteiger partial charge in [0, 0.05) is 19.2 Å². The Labute approximate surface area is 162 Å². The zero-order chi connectivity index (χ0) is 18.4. The van der Waals surface area contributed by atoms with Crippen LogP contribution in [0, 0.1) is 0 Å². The molecule has 0 aliphatic carbocycles. The molecular weight excluding hydrogens is 383 g/mol. The fraction of sp³-hybridized carbons (Fsp3) is 0.278. The predicted octanol–water partition coefficient (Wildman–Crippen LogP) is 4.40. The Kier molecular flexibility index (Phi) is 7.38. The summed E-state index contributed by atoms with van der Waals surface area (Å²) in [4.78, 5) is 14.1. The van der Waals surface area contributed by atoms with Crippen molar-refractivity contribution in [1.29, 1.82) is 0 Å². The molecule has 0 bridgehead atoms.